The molecular formula is C26H29F3N2O6. The van der Waals surface area contributed by atoms with Gasteiger partial charge in [-0.3, -0.25) is 19.2 Å². The first-order valence-corrected chi connectivity index (χ1v) is 12.7. The normalized spacial score (nSPS) is 26.3. The van der Waals surface area contributed by atoms with Crippen LogP contribution in [-0.4, -0.2) is 64.5 Å². The van der Waals surface area contributed by atoms with Crippen molar-refractivity contribution < 1.29 is 41.8 Å². The number of ketones is 1. The van der Waals surface area contributed by atoms with Crippen LogP contribution < -0.4 is 4.74 Å². The minimum Gasteiger partial charge on any atom is -0.465 e. The summed E-state index contributed by atoms with van der Waals surface area (Å²) < 4.78 is 47.5. The Morgan fingerprint density at radius 2 is 1.78 bits per heavy atom. The molecule has 5 rings (SSSR count). The van der Waals surface area contributed by atoms with Gasteiger partial charge in [0.1, 0.15) is 18.4 Å². The number of esters is 1. The van der Waals surface area contributed by atoms with Gasteiger partial charge in [-0.1, -0.05) is 18.9 Å². The number of hydrogen-bond donors (Lipinski definition) is 0. The maximum Gasteiger partial charge on any atom is 0.573 e. The minimum atomic E-state index is -4.82. The van der Waals surface area contributed by atoms with E-state index in [0.29, 0.717) is 37.7 Å². The predicted octanol–water partition coefficient (Wildman–Crippen LogP) is 3.29. The van der Waals surface area contributed by atoms with Crippen molar-refractivity contribution in [2.45, 2.75) is 89.3 Å². The summed E-state index contributed by atoms with van der Waals surface area (Å²) in [5.41, 5.74) is 0.278. The first-order valence-electron chi connectivity index (χ1n) is 12.7. The fourth-order valence-corrected chi connectivity index (χ4v) is 6.57. The Kier molecular flexibility index (Phi) is 6.44. The van der Waals surface area contributed by atoms with Crippen LogP contribution in [-0.2, 0) is 36.9 Å². The number of Topliss-reactive ketones (excluding diaryl/α,β-unsaturated/α-hetero) is 1. The van der Waals surface area contributed by atoms with Crippen molar-refractivity contribution >= 4 is 23.6 Å². The first kappa shape index (κ1) is 25.5. The number of nitrogens with zero attached hydrogens (tertiary/aromatic N) is 2. The van der Waals surface area contributed by atoms with E-state index in [2.05, 4.69) is 4.74 Å². The number of benzene rings is 1. The molecule has 1 aromatic rings. The molecule has 3 fully saturated rings. The van der Waals surface area contributed by atoms with Crippen LogP contribution in [0.15, 0.2) is 18.2 Å². The number of alkyl halides is 3. The number of carbonyl (C=O) groups excluding carboxylic acids is 4. The summed E-state index contributed by atoms with van der Waals surface area (Å²) in [7, 11) is 0. The molecule has 4 aliphatic rings. The van der Waals surface area contributed by atoms with Gasteiger partial charge in [-0.05, 0) is 61.8 Å². The van der Waals surface area contributed by atoms with E-state index in [-0.39, 0.29) is 31.2 Å². The van der Waals surface area contributed by atoms with Gasteiger partial charge in [0.2, 0.25) is 11.7 Å². The van der Waals surface area contributed by atoms with Crippen LogP contribution in [0.1, 0.15) is 63.0 Å². The molecule has 200 valence electrons. The Bertz CT molecular complexity index is 1130. The molecule has 2 saturated heterocycles. The Hall–Kier alpha value is -3.11. The number of hydrogen-bond acceptors (Lipinski definition) is 6. The van der Waals surface area contributed by atoms with Crippen LogP contribution >= 0.6 is 0 Å². The highest BCUT2D eigenvalue weighted by Gasteiger charge is 2.55. The topological polar surface area (TPSA) is 93.2 Å². The van der Waals surface area contributed by atoms with Crippen molar-refractivity contribution in [2.24, 2.45) is 5.41 Å². The predicted molar refractivity (Wildman–Crippen MR) is 122 cm³/mol. The number of piperazine rings is 1. The zero-order chi connectivity index (χ0) is 26.5. The quantitative estimate of drug-likeness (QED) is 0.435. The van der Waals surface area contributed by atoms with Crippen molar-refractivity contribution in [1.82, 2.24) is 9.80 Å². The molecule has 2 amide bonds. The highest BCUT2D eigenvalue weighted by molar-refractivity contribution is 6.38. The lowest BCUT2D eigenvalue weighted by Crippen LogP contribution is -2.71. The van der Waals surface area contributed by atoms with E-state index in [9.17, 15) is 32.3 Å². The second kappa shape index (κ2) is 9.33. The average molecular weight is 523 g/mol. The molecule has 2 unspecified atom stereocenters. The van der Waals surface area contributed by atoms with Crippen molar-refractivity contribution in [2.75, 3.05) is 6.61 Å². The third kappa shape index (κ3) is 4.68. The largest absolute Gasteiger partial charge is 0.573 e. The van der Waals surface area contributed by atoms with Crippen molar-refractivity contribution in [3.05, 3.63) is 29.3 Å². The van der Waals surface area contributed by atoms with Crippen LogP contribution in [0.3, 0.4) is 0 Å². The molecule has 3 aliphatic heterocycles. The van der Waals surface area contributed by atoms with E-state index in [4.69, 9.17) is 4.74 Å². The van der Waals surface area contributed by atoms with E-state index in [0.717, 1.165) is 18.4 Å². The molecule has 0 radical (unpaired) electrons. The molecule has 0 spiro atoms. The summed E-state index contributed by atoms with van der Waals surface area (Å²) in [6.07, 6.45) is -0.494. The van der Waals surface area contributed by atoms with Crippen LogP contribution in [0.4, 0.5) is 13.2 Å². The zero-order valence-electron chi connectivity index (χ0n) is 20.5. The molecule has 8 nitrogen and oxygen atoms in total. The Balaban J connectivity index is 1.43. The van der Waals surface area contributed by atoms with Gasteiger partial charge in [-0.2, -0.15) is 0 Å². The molecule has 2 bridgehead atoms. The number of carbonyl (C=O) groups is 4. The summed E-state index contributed by atoms with van der Waals surface area (Å²) in [5.74, 6) is -2.45. The van der Waals surface area contributed by atoms with Crippen molar-refractivity contribution in [3.63, 3.8) is 0 Å². The summed E-state index contributed by atoms with van der Waals surface area (Å²) in [5, 5.41) is 0. The number of amides is 2. The van der Waals surface area contributed by atoms with E-state index in [1.165, 1.54) is 30.0 Å². The summed E-state index contributed by atoms with van der Waals surface area (Å²) in [4.78, 5) is 55.5. The minimum absolute atomic E-state index is 0.158. The molecule has 37 heavy (non-hydrogen) atoms. The molecule has 1 aliphatic carbocycles. The molecule has 0 aromatic heterocycles. The van der Waals surface area contributed by atoms with Crippen LogP contribution in [0, 0.1) is 5.41 Å². The van der Waals surface area contributed by atoms with Crippen LogP contribution in [0.25, 0.3) is 0 Å². The number of halogens is 3. The third-order valence-electron chi connectivity index (χ3n) is 8.29. The molecule has 3 atom stereocenters. The van der Waals surface area contributed by atoms with Gasteiger partial charge in [0.25, 0.3) is 5.91 Å². The Labute approximate surface area is 212 Å². The van der Waals surface area contributed by atoms with E-state index in [1.807, 2.05) is 0 Å². The van der Waals surface area contributed by atoms with E-state index < -0.39 is 47.6 Å². The molecule has 3 heterocycles. The van der Waals surface area contributed by atoms with Gasteiger partial charge >= 0.3 is 12.3 Å². The Morgan fingerprint density at radius 3 is 2.46 bits per heavy atom. The molecule has 11 heteroatoms. The number of rotatable bonds is 5. The Morgan fingerprint density at radius 1 is 1.05 bits per heavy atom. The number of piperidine rings is 1. The molecule has 1 aromatic carbocycles. The van der Waals surface area contributed by atoms with Crippen molar-refractivity contribution in [1.29, 1.82) is 0 Å². The lowest BCUT2D eigenvalue weighted by atomic mass is 9.77. The molecular weight excluding hydrogens is 493 g/mol. The van der Waals surface area contributed by atoms with Crippen molar-refractivity contribution in [3.8, 4) is 5.75 Å². The summed E-state index contributed by atoms with van der Waals surface area (Å²) in [6, 6.07) is 2.47. The first-order chi connectivity index (χ1) is 17.5. The van der Waals surface area contributed by atoms with Gasteiger partial charge in [0.15, 0.2) is 0 Å². The standard InChI is InChI=1S/C26H29F3N2O6/c1-15(32)36-14-25(9-2-3-10-25)22(33)24(35)31-19-5-4-6-20(31)23(34)30-13-16-7-8-18(37-26(27,28)29)11-17(16)12-21(19)30/h7-8,11,19-21H,2-6,9-10,12-14H2,1H3/t19?,20?,21-/m0/s1. The van der Waals surface area contributed by atoms with Gasteiger partial charge in [0.05, 0.1) is 17.5 Å². The van der Waals surface area contributed by atoms with Gasteiger partial charge in [-0.15, -0.1) is 13.2 Å². The van der Waals surface area contributed by atoms with E-state index >= 15 is 0 Å². The SMILES string of the molecule is CC(=O)OCC1(C(=O)C(=O)N2C3CCCC2[C@@H]2Cc4cc(OC(F)(F)F)ccc4CN2C3=O)CCCC1. The monoisotopic (exact) mass is 522 g/mol. The molecule has 1 saturated carbocycles. The number of ether oxygens (including phenoxy) is 2. The summed E-state index contributed by atoms with van der Waals surface area (Å²) in [6.45, 7) is 1.32. The fraction of sp³-hybridized carbons (Fsp3) is 0.615. The second-order valence-corrected chi connectivity index (χ2v) is 10.5. The fourth-order valence-electron chi connectivity index (χ4n) is 6.57. The lowest BCUT2D eigenvalue weighted by Gasteiger charge is -2.55. The van der Waals surface area contributed by atoms with Crippen LogP contribution in [0.2, 0.25) is 0 Å². The maximum atomic E-state index is 13.7. The third-order valence-corrected chi connectivity index (χ3v) is 8.29. The van der Waals surface area contributed by atoms with Crippen LogP contribution in [0.5, 0.6) is 5.75 Å². The zero-order valence-corrected chi connectivity index (χ0v) is 20.5. The number of fused-ring (bicyclic) bond motifs is 5. The highest BCUT2D eigenvalue weighted by atomic mass is 19.4. The highest BCUT2D eigenvalue weighted by Crippen LogP contribution is 2.43. The lowest BCUT2D eigenvalue weighted by molar-refractivity contribution is -0.274. The maximum absolute atomic E-state index is 13.7. The van der Waals surface area contributed by atoms with Gasteiger partial charge in [0, 0.05) is 13.5 Å². The summed E-state index contributed by atoms with van der Waals surface area (Å²) >= 11 is 0. The second-order valence-electron chi connectivity index (χ2n) is 10.5. The van der Waals surface area contributed by atoms with Gasteiger partial charge < -0.3 is 19.3 Å². The van der Waals surface area contributed by atoms with Gasteiger partial charge in [-0.25, -0.2) is 0 Å². The smallest absolute Gasteiger partial charge is 0.465 e. The van der Waals surface area contributed by atoms with E-state index in [1.54, 1.807) is 4.90 Å². The average Bonchev–Trinajstić information content (AvgIpc) is 3.33. The molecule has 0 N–H and O–H groups in total.